The van der Waals surface area contributed by atoms with Gasteiger partial charge in [0.25, 0.3) is 0 Å². The van der Waals surface area contributed by atoms with E-state index in [9.17, 15) is 0 Å². The molecule has 1 aromatic carbocycles. The summed E-state index contributed by atoms with van der Waals surface area (Å²) in [6.07, 6.45) is 5.05. The number of benzene rings is 1. The van der Waals surface area contributed by atoms with Crippen LogP contribution in [0.25, 0.3) is 0 Å². The number of nitrogens with zero attached hydrogens (tertiary/aromatic N) is 2. The van der Waals surface area contributed by atoms with Gasteiger partial charge in [-0.1, -0.05) is 12.1 Å². The maximum absolute atomic E-state index is 4.56. The summed E-state index contributed by atoms with van der Waals surface area (Å²) in [4.78, 5) is 0. The van der Waals surface area contributed by atoms with Crippen molar-refractivity contribution >= 4 is 21.6 Å². The fraction of sp³-hybridized carbons (Fsp3) is 0.471. The highest BCUT2D eigenvalue weighted by Gasteiger charge is 2.15. The lowest BCUT2D eigenvalue weighted by Gasteiger charge is -2.20. The molecule has 0 spiro atoms. The van der Waals surface area contributed by atoms with E-state index >= 15 is 0 Å². The van der Waals surface area contributed by atoms with Crippen LogP contribution in [0.2, 0.25) is 0 Å². The van der Waals surface area contributed by atoms with Crippen molar-refractivity contribution in [3.63, 3.8) is 0 Å². The number of halogens is 1. The molecule has 0 saturated heterocycles. The highest BCUT2D eigenvalue weighted by molar-refractivity contribution is 9.10. The molecular formula is C17H22BrN3. The number of aryl methyl sites for hydroxylation is 3. The van der Waals surface area contributed by atoms with Crippen molar-refractivity contribution in [2.75, 3.05) is 5.32 Å². The topological polar surface area (TPSA) is 29.9 Å². The third kappa shape index (κ3) is 2.86. The molecule has 21 heavy (non-hydrogen) atoms. The molecule has 0 aliphatic heterocycles. The molecule has 0 bridgehead atoms. The molecule has 1 aromatic heterocycles. The van der Waals surface area contributed by atoms with Crippen LogP contribution in [0.3, 0.4) is 0 Å². The number of hydrogen-bond acceptors (Lipinski definition) is 2. The molecule has 1 N–H and O–H groups in total. The van der Waals surface area contributed by atoms with Crippen LogP contribution in [-0.4, -0.2) is 9.78 Å². The van der Waals surface area contributed by atoms with E-state index in [1.807, 2.05) is 6.92 Å². The monoisotopic (exact) mass is 347 g/mol. The Morgan fingerprint density at radius 1 is 1.29 bits per heavy atom. The van der Waals surface area contributed by atoms with E-state index in [1.165, 1.54) is 48.2 Å². The Hall–Kier alpha value is -1.29. The van der Waals surface area contributed by atoms with Crippen molar-refractivity contribution in [1.29, 1.82) is 0 Å². The van der Waals surface area contributed by atoms with Crippen LogP contribution in [0.15, 0.2) is 22.7 Å². The molecule has 3 nitrogen and oxygen atoms in total. The predicted molar refractivity (Wildman–Crippen MR) is 90.7 cm³/mol. The van der Waals surface area contributed by atoms with Gasteiger partial charge in [-0.2, -0.15) is 5.10 Å². The van der Waals surface area contributed by atoms with Gasteiger partial charge in [0.15, 0.2) is 0 Å². The zero-order valence-corrected chi connectivity index (χ0v) is 14.3. The summed E-state index contributed by atoms with van der Waals surface area (Å²) in [6.45, 7) is 5.89. The van der Waals surface area contributed by atoms with Crippen molar-refractivity contribution in [1.82, 2.24) is 9.78 Å². The molecule has 0 amide bonds. The van der Waals surface area contributed by atoms with E-state index in [1.54, 1.807) is 0 Å². The van der Waals surface area contributed by atoms with Crippen LogP contribution in [0.5, 0.6) is 0 Å². The third-order valence-corrected chi connectivity index (χ3v) is 5.33. The summed E-state index contributed by atoms with van der Waals surface area (Å²) in [5.41, 5.74) is 6.61. The molecule has 1 aliphatic rings. The first kappa shape index (κ1) is 14.6. The van der Waals surface area contributed by atoms with Crippen LogP contribution in [0, 0.1) is 6.92 Å². The van der Waals surface area contributed by atoms with Gasteiger partial charge < -0.3 is 5.32 Å². The Kier molecular flexibility index (Phi) is 4.34. The summed E-state index contributed by atoms with van der Waals surface area (Å²) in [5, 5.41) is 8.19. The van der Waals surface area contributed by atoms with Crippen molar-refractivity contribution in [3.8, 4) is 0 Å². The summed E-state index contributed by atoms with van der Waals surface area (Å²) in [7, 11) is 0. The molecule has 0 radical (unpaired) electrons. The van der Waals surface area contributed by atoms with Gasteiger partial charge in [0.1, 0.15) is 0 Å². The SMILES string of the molecule is CCn1nc(C)c(Br)c1CNc1cccc2c1CCCC2. The highest BCUT2D eigenvalue weighted by Crippen LogP contribution is 2.29. The smallest absolute Gasteiger partial charge is 0.0739 e. The number of aromatic nitrogens is 2. The molecule has 1 heterocycles. The van der Waals surface area contributed by atoms with E-state index in [-0.39, 0.29) is 0 Å². The largest absolute Gasteiger partial charge is 0.379 e. The van der Waals surface area contributed by atoms with E-state index in [0.717, 1.165) is 23.3 Å². The number of rotatable bonds is 4. The van der Waals surface area contributed by atoms with Crippen LogP contribution < -0.4 is 5.32 Å². The van der Waals surface area contributed by atoms with Gasteiger partial charge in [-0.25, -0.2) is 0 Å². The number of fused-ring (bicyclic) bond motifs is 1. The van der Waals surface area contributed by atoms with E-state index in [4.69, 9.17) is 0 Å². The van der Waals surface area contributed by atoms with Gasteiger partial charge in [-0.15, -0.1) is 0 Å². The van der Waals surface area contributed by atoms with Gasteiger partial charge in [-0.05, 0) is 72.7 Å². The zero-order valence-electron chi connectivity index (χ0n) is 12.7. The maximum Gasteiger partial charge on any atom is 0.0739 e. The average molecular weight is 348 g/mol. The fourth-order valence-electron chi connectivity index (χ4n) is 3.16. The minimum absolute atomic E-state index is 0.811. The Labute approximate surface area is 134 Å². The van der Waals surface area contributed by atoms with Gasteiger partial charge in [0.2, 0.25) is 0 Å². The number of anilines is 1. The van der Waals surface area contributed by atoms with Gasteiger partial charge in [0, 0.05) is 12.2 Å². The molecular weight excluding hydrogens is 326 g/mol. The fourth-order valence-corrected chi connectivity index (χ4v) is 3.59. The summed E-state index contributed by atoms with van der Waals surface area (Å²) >= 11 is 3.67. The van der Waals surface area contributed by atoms with Crippen LogP contribution >= 0.6 is 15.9 Å². The minimum atomic E-state index is 0.811. The molecule has 112 valence electrons. The molecule has 0 atom stereocenters. The van der Waals surface area contributed by atoms with Crippen LogP contribution in [0.4, 0.5) is 5.69 Å². The summed E-state index contributed by atoms with van der Waals surface area (Å²) < 4.78 is 3.20. The van der Waals surface area contributed by atoms with Gasteiger partial charge in [0.05, 0.1) is 22.4 Å². The molecule has 0 fully saturated rings. The first-order chi connectivity index (χ1) is 10.2. The van der Waals surface area contributed by atoms with Crippen LogP contribution in [0.1, 0.15) is 42.3 Å². The lowest BCUT2D eigenvalue weighted by Crippen LogP contribution is -2.11. The van der Waals surface area contributed by atoms with Crippen molar-refractivity contribution < 1.29 is 0 Å². The second kappa shape index (κ2) is 6.22. The Balaban J connectivity index is 1.83. The van der Waals surface area contributed by atoms with Gasteiger partial charge >= 0.3 is 0 Å². The zero-order chi connectivity index (χ0) is 14.8. The molecule has 1 aliphatic carbocycles. The van der Waals surface area contributed by atoms with Gasteiger partial charge in [-0.3, -0.25) is 4.68 Å². The predicted octanol–water partition coefficient (Wildman–Crippen LogP) is 4.46. The average Bonchev–Trinajstić information content (AvgIpc) is 2.80. The quantitative estimate of drug-likeness (QED) is 0.884. The lowest BCUT2D eigenvalue weighted by molar-refractivity contribution is 0.622. The second-order valence-corrected chi connectivity index (χ2v) is 6.46. The molecule has 4 heteroatoms. The first-order valence-electron chi connectivity index (χ1n) is 7.77. The van der Waals surface area contributed by atoms with Crippen molar-refractivity contribution in [2.24, 2.45) is 0 Å². The molecule has 0 saturated carbocycles. The Bertz CT molecular complexity index is 646. The normalized spacial score (nSPS) is 14.0. The van der Waals surface area contributed by atoms with E-state index in [0.29, 0.717) is 0 Å². The lowest BCUT2D eigenvalue weighted by atomic mass is 9.90. The molecule has 3 rings (SSSR count). The van der Waals surface area contributed by atoms with Crippen molar-refractivity contribution in [2.45, 2.75) is 52.6 Å². The summed E-state index contributed by atoms with van der Waals surface area (Å²) in [6, 6.07) is 6.65. The molecule has 2 aromatic rings. The maximum atomic E-state index is 4.56. The standard InChI is InChI=1S/C17H22BrN3/c1-3-21-16(17(18)12(2)20-21)11-19-15-10-6-8-13-7-4-5-9-14(13)15/h6,8,10,19H,3-5,7,9,11H2,1-2H3. The third-order valence-electron chi connectivity index (χ3n) is 4.30. The number of nitrogens with one attached hydrogen (secondary N) is 1. The first-order valence-corrected chi connectivity index (χ1v) is 8.56. The highest BCUT2D eigenvalue weighted by atomic mass is 79.9. The molecule has 0 unspecified atom stereocenters. The number of hydrogen-bond donors (Lipinski definition) is 1. The Morgan fingerprint density at radius 2 is 2.10 bits per heavy atom. The minimum Gasteiger partial charge on any atom is -0.379 e. The summed E-state index contributed by atoms with van der Waals surface area (Å²) in [5.74, 6) is 0. The van der Waals surface area contributed by atoms with Crippen LogP contribution in [-0.2, 0) is 25.9 Å². The van der Waals surface area contributed by atoms with E-state index < -0.39 is 0 Å². The second-order valence-electron chi connectivity index (χ2n) is 5.67. The van der Waals surface area contributed by atoms with E-state index in [2.05, 4.69) is 56.2 Å². The van der Waals surface area contributed by atoms with Crippen molar-refractivity contribution in [3.05, 3.63) is 45.2 Å². The Morgan fingerprint density at radius 3 is 2.90 bits per heavy atom.